The topological polar surface area (TPSA) is 53.6 Å². The van der Waals surface area contributed by atoms with Crippen molar-refractivity contribution >= 4 is 5.97 Å². The lowest BCUT2D eigenvalue weighted by Crippen LogP contribution is -3.28. The smallest absolute Gasteiger partial charge is 0.369 e. The zero-order chi connectivity index (χ0) is 18.6. The molecule has 142 valence electrons. The van der Waals surface area contributed by atoms with Gasteiger partial charge in [0.2, 0.25) is 12.8 Å². The Morgan fingerprint density at radius 2 is 1.78 bits per heavy atom. The van der Waals surface area contributed by atoms with E-state index in [0.717, 1.165) is 49.8 Å². The average Bonchev–Trinajstić information content (AvgIpc) is 3.18. The number of benzene rings is 2. The van der Waals surface area contributed by atoms with Crippen LogP contribution in [0.25, 0.3) is 0 Å². The van der Waals surface area contributed by atoms with Gasteiger partial charge in [-0.15, -0.1) is 0 Å². The molecule has 6 heteroatoms. The predicted octanol–water partition coefficient (Wildman–Crippen LogP) is -0.387. The van der Waals surface area contributed by atoms with Crippen LogP contribution in [-0.4, -0.2) is 46.1 Å². The summed E-state index contributed by atoms with van der Waals surface area (Å²) in [4.78, 5) is 15.2. The SMILES string of the molecule is COC(=O)[C@H](c1ccccc1)[NH+]1CC[NH+](Cc2ccc3c(c2)OCO3)CC1. The molecule has 4 rings (SSSR count). The summed E-state index contributed by atoms with van der Waals surface area (Å²) < 4.78 is 16.0. The van der Waals surface area contributed by atoms with Crippen molar-refractivity contribution < 1.29 is 28.8 Å². The van der Waals surface area contributed by atoms with Crippen LogP contribution in [0, 0.1) is 0 Å². The summed E-state index contributed by atoms with van der Waals surface area (Å²) in [5, 5.41) is 0. The summed E-state index contributed by atoms with van der Waals surface area (Å²) in [7, 11) is 1.47. The Balaban J connectivity index is 1.39. The Bertz CT molecular complexity index is 788. The molecule has 2 heterocycles. The molecule has 0 aromatic heterocycles. The molecule has 0 radical (unpaired) electrons. The summed E-state index contributed by atoms with van der Waals surface area (Å²) >= 11 is 0. The molecule has 1 fully saturated rings. The van der Waals surface area contributed by atoms with E-state index in [4.69, 9.17) is 14.2 Å². The average molecular weight is 370 g/mol. The molecule has 2 aliphatic rings. The van der Waals surface area contributed by atoms with E-state index in [9.17, 15) is 4.79 Å². The van der Waals surface area contributed by atoms with Gasteiger partial charge in [-0.25, -0.2) is 4.79 Å². The molecule has 0 aliphatic carbocycles. The van der Waals surface area contributed by atoms with Crippen LogP contribution in [0.1, 0.15) is 17.2 Å². The highest BCUT2D eigenvalue weighted by atomic mass is 16.7. The quantitative estimate of drug-likeness (QED) is 0.705. The van der Waals surface area contributed by atoms with Crippen LogP contribution in [0.15, 0.2) is 48.5 Å². The fraction of sp³-hybridized carbons (Fsp3) is 0.381. The molecule has 0 unspecified atom stereocenters. The van der Waals surface area contributed by atoms with Crippen molar-refractivity contribution in [1.82, 2.24) is 0 Å². The monoisotopic (exact) mass is 370 g/mol. The van der Waals surface area contributed by atoms with Gasteiger partial charge in [-0.05, 0) is 18.2 Å². The van der Waals surface area contributed by atoms with E-state index >= 15 is 0 Å². The zero-order valence-corrected chi connectivity index (χ0v) is 15.6. The zero-order valence-electron chi connectivity index (χ0n) is 15.6. The lowest BCUT2D eigenvalue weighted by atomic mass is 10.0. The van der Waals surface area contributed by atoms with Crippen molar-refractivity contribution in [1.29, 1.82) is 0 Å². The number of nitrogens with one attached hydrogen (secondary N) is 2. The highest BCUT2D eigenvalue weighted by Crippen LogP contribution is 2.32. The lowest BCUT2D eigenvalue weighted by Gasteiger charge is -2.33. The van der Waals surface area contributed by atoms with Crippen LogP contribution in [0.3, 0.4) is 0 Å². The van der Waals surface area contributed by atoms with Gasteiger partial charge in [0.05, 0.1) is 7.11 Å². The van der Waals surface area contributed by atoms with Gasteiger partial charge in [0.25, 0.3) is 0 Å². The molecule has 2 aromatic carbocycles. The molecule has 2 aliphatic heterocycles. The van der Waals surface area contributed by atoms with Crippen LogP contribution < -0.4 is 19.3 Å². The molecular formula is C21H26N2O4+2. The van der Waals surface area contributed by atoms with Crippen LogP contribution in [0.4, 0.5) is 0 Å². The van der Waals surface area contributed by atoms with E-state index in [-0.39, 0.29) is 12.0 Å². The first-order chi connectivity index (χ1) is 13.2. The van der Waals surface area contributed by atoms with Crippen molar-refractivity contribution in [2.75, 3.05) is 40.1 Å². The Morgan fingerprint density at radius 3 is 2.52 bits per heavy atom. The Labute approximate surface area is 159 Å². The number of piperazine rings is 1. The van der Waals surface area contributed by atoms with E-state index < -0.39 is 0 Å². The van der Waals surface area contributed by atoms with Crippen LogP contribution in [-0.2, 0) is 16.1 Å². The molecule has 0 saturated carbocycles. The van der Waals surface area contributed by atoms with Gasteiger partial charge in [0.1, 0.15) is 32.7 Å². The lowest BCUT2D eigenvalue weighted by molar-refractivity contribution is -1.03. The van der Waals surface area contributed by atoms with Crippen molar-refractivity contribution in [2.24, 2.45) is 0 Å². The molecule has 0 bridgehead atoms. The van der Waals surface area contributed by atoms with E-state index in [2.05, 4.69) is 12.1 Å². The van der Waals surface area contributed by atoms with E-state index in [1.807, 2.05) is 36.4 Å². The van der Waals surface area contributed by atoms with Gasteiger partial charge < -0.3 is 24.0 Å². The molecule has 27 heavy (non-hydrogen) atoms. The number of hydrogen-bond acceptors (Lipinski definition) is 4. The summed E-state index contributed by atoms with van der Waals surface area (Å²) in [5.41, 5.74) is 2.28. The minimum atomic E-state index is -0.247. The number of esters is 1. The first-order valence-corrected chi connectivity index (χ1v) is 9.44. The first-order valence-electron chi connectivity index (χ1n) is 9.44. The molecule has 1 saturated heterocycles. The molecule has 2 N–H and O–H groups in total. The number of methoxy groups -OCH3 is 1. The maximum atomic E-state index is 12.4. The van der Waals surface area contributed by atoms with Gasteiger partial charge in [0, 0.05) is 11.1 Å². The van der Waals surface area contributed by atoms with Gasteiger partial charge in [-0.1, -0.05) is 30.3 Å². The highest BCUT2D eigenvalue weighted by Gasteiger charge is 2.36. The van der Waals surface area contributed by atoms with Gasteiger partial charge >= 0.3 is 5.97 Å². The van der Waals surface area contributed by atoms with E-state index in [1.54, 1.807) is 0 Å². The number of ether oxygens (including phenoxy) is 3. The van der Waals surface area contributed by atoms with Gasteiger partial charge in [-0.3, -0.25) is 0 Å². The Kier molecular flexibility index (Phi) is 5.27. The molecule has 2 aromatic rings. The van der Waals surface area contributed by atoms with Gasteiger partial charge in [0.15, 0.2) is 11.5 Å². The molecule has 1 atom stereocenters. The molecular weight excluding hydrogens is 344 g/mol. The Morgan fingerprint density at radius 1 is 1.04 bits per heavy atom. The summed E-state index contributed by atoms with van der Waals surface area (Å²) in [6, 6.07) is 15.9. The number of quaternary nitrogens is 2. The number of carbonyl (C=O) groups is 1. The second kappa shape index (κ2) is 7.98. The first kappa shape index (κ1) is 17.8. The molecule has 6 nitrogen and oxygen atoms in total. The maximum absolute atomic E-state index is 12.4. The minimum absolute atomic E-state index is 0.157. The minimum Gasteiger partial charge on any atom is -0.464 e. The van der Waals surface area contributed by atoms with Crippen molar-refractivity contribution in [2.45, 2.75) is 12.6 Å². The standard InChI is InChI=1S/C21H24N2O4/c1-25-21(24)20(17-5-3-2-4-6-17)23-11-9-22(10-12-23)14-16-7-8-18-19(13-16)27-15-26-18/h2-8,13,20H,9-12,14-15H2,1H3/p+2/t20-/m0/s1. The number of rotatable bonds is 5. The third-order valence-corrected chi connectivity index (χ3v) is 5.47. The predicted molar refractivity (Wildman–Crippen MR) is 98.9 cm³/mol. The molecule has 0 spiro atoms. The van der Waals surface area contributed by atoms with Crippen molar-refractivity contribution in [3.05, 3.63) is 59.7 Å². The van der Waals surface area contributed by atoms with Gasteiger partial charge in [-0.2, -0.15) is 0 Å². The van der Waals surface area contributed by atoms with Crippen molar-refractivity contribution in [3.8, 4) is 11.5 Å². The van der Waals surface area contributed by atoms with E-state index in [0.29, 0.717) is 6.79 Å². The van der Waals surface area contributed by atoms with Crippen LogP contribution in [0.5, 0.6) is 11.5 Å². The number of fused-ring (bicyclic) bond motifs is 1. The second-order valence-electron chi connectivity index (χ2n) is 7.14. The van der Waals surface area contributed by atoms with Crippen LogP contribution >= 0.6 is 0 Å². The number of hydrogen-bond donors (Lipinski definition) is 2. The fourth-order valence-corrected chi connectivity index (χ4v) is 4.03. The summed E-state index contributed by atoms with van der Waals surface area (Å²) in [5.74, 6) is 1.51. The summed E-state index contributed by atoms with van der Waals surface area (Å²) in [6.07, 6.45) is 0. The van der Waals surface area contributed by atoms with E-state index in [1.165, 1.54) is 22.5 Å². The number of carbonyl (C=O) groups excluding carboxylic acids is 1. The maximum Gasteiger partial charge on any atom is 0.369 e. The Hall–Kier alpha value is -2.57. The second-order valence-corrected chi connectivity index (χ2v) is 7.14. The third kappa shape index (κ3) is 3.91. The largest absolute Gasteiger partial charge is 0.464 e. The van der Waals surface area contributed by atoms with Crippen LogP contribution in [0.2, 0.25) is 0 Å². The highest BCUT2D eigenvalue weighted by molar-refractivity contribution is 5.75. The van der Waals surface area contributed by atoms with Crippen molar-refractivity contribution in [3.63, 3.8) is 0 Å². The molecule has 0 amide bonds. The third-order valence-electron chi connectivity index (χ3n) is 5.47. The fourth-order valence-electron chi connectivity index (χ4n) is 4.03. The normalized spacial score (nSPS) is 22.3. The summed E-state index contributed by atoms with van der Waals surface area (Å²) in [6.45, 7) is 5.18.